The Hall–Kier alpha value is -1.94. The quantitative estimate of drug-likeness (QED) is 0.837. The lowest BCUT2D eigenvalue weighted by atomic mass is 10.2. The minimum atomic E-state index is 0.619. The van der Waals surface area contributed by atoms with Gasteiger partial charge in [-0.25, -0.2) is 0 Å². The summed E-state index contributed by atoms with van der Waals surface area (Å²) >= 11 is 0. The number of hydrogen-bond donors (Lipinski definition) is 1. The summed E-state index contributed by atoms with van der Waals surface area (Å²) in [6, 6.07) is 7.85. The van der Waals surface area contributed by atoms with Crippen LogP contribution in [-0.4, -0.2) is 23.1 Å². The van der Waals surface area contributed by atoms with E-state index in [9.17, 15) is 0 Å². The fourth-order valence-corrected chi connectivity index (χ4v) is 1.62. The first-order valence-corrected chi connectivity index (χ1v) is 6.05. The molecule has 18 heavy (non-hydrogen) atoms. The number of nitrogens with zero attached hydrogens (tertiary/aromatic N) is 2. The molecular formula is C14H17N3O. The highest BCUT2D eigenvalue weighted by Gasteiger charge is 1.97. The van der Waals surface area contributed by atoms with Gasteiger partial charge in [-0.2, -0.15) is 0 Å². The first-order valence-electron chi connectivity index (χ1n) is 6.05. The van der Waals surface area contributed by atoms with Crippen LogP contribution < -0.4 is 10.5 Å². The predicted molar refractivity (Wildman–Crippen MR) is 70.4 cm³/mol. The average molecular weight is 243 g/mol. The molecule has 0 aromatic carbocycles. The molecule has 2 N–H and O–H groups in total. The highest BCUT2D eigenvalue weighted by atomic mass is 16.5. The van der Waals surface area contributed by atoms with E-state index in [0.29, 0.717) is 13.2 Å². The van der Waals surface area contributed by atoms with Crippen molar-refractivity contribution in [1.29, 1.82) is 0 Å². The van der Waals surface area contributed by atoms with Gasteiger partial charge < -0.3 is 10.5 Å². The highest BCUT2D eigenvalue weighted by Crippen LogP contribution is 2.10. The van der Waals surface area contributed by atoms with Gasteiger partial charge >= 0.3 is 0 Å². The van der Waals surface area contributed by atoms with Gasteiger partial charge in [-0.1, -0.05) is 6.07 Å². The summed E-state index contributed by atoms with van der Waals surface area (Å²) in [6.45, 7) is 1.25. The van der Waals surface area contributed by atoms with E-state index in [4.69, 9.17) is 10.5 Å². The van der Waals surface area contributed by atoms with Crippen LogP contribution in [0.4, 0.5) is 0 Å². The van der Waals surface area contributed by atoms with Gasteiger partial charge in [0.25, 0.3) is 0 Å². The maximum atomic E-state index is 5.62. The molecule has 2 aromatic heterocycles. The van der Waals surface area contributed by atoms with E-state index in [-0.39, 0.29) is 0 Å². The van der Waals surface area contributed by atoms with Gasteiger partial charge in [-0.3, -0.25) is 9.97 Å². The lowest BCUT2D eigenvalue weighted by molar-refractivity contribution is 0.320. The van der Waals surface area contributed by atoms with Crippen molar-refractivity contribution in [3.05, 3.63) is 54.1 Å². The molecule has 0 unspecified atom stereocenters. The zero-order valence-corrected chi connectivity index (χ0v) is 10.2. The Bertz CT molecular complexity index is 456. The van der Waals surface area contributed by atoms with Crippen LogP contribution in [0.3, 0.4) is 0 Å². The summed E-state index contributed by atoms with van der Waals surface area (Å²) in [4.78, 5) is 8.34. The third-order valence-electron chi connectivity index (χ3n) is 2.58. The molecule has 0 spiro atoms. The third-order valence-corrected chi connectivity index (χ3v) is 2.58. The molecule has 0 aliphatic carbocycles. The van der Waals surface area contributed by atoms with E-state index in [1.807, 2.05) is 30.5 Å². The smallest absolute Gasteiger partial charge is 0.137 e. The number of aromatic nitrogens is 2. The molecule has 2 aromatic rings. The van der Waals surface area contributed by atoms with E-state index in [2.05, 4.69) is 9.97 Å². The minimum absolute atomic E-state index is 0.619. The van der Waals surface area contributed by atoms with Gasteiger partial charge in [-0.15, -0.1) is 0 Å². The van der Waals surface area contributed by atoms with Crippen molar-refractivity contribution < 1.29 is 4.74 Å². The van der Waals surface area contributed by atoms with E-state index in [1.54, 1.807) is 12.4 Å². The highest BCUT2D eigenvalue weighted by molar-refractivity contribution is 5.20. The Morgan fingerprint density at radius 1 is 1.11 bits per heavy atom. The van der Waals surface area contributed by atoms with Crippen LogP contribution in [0.15, 0.2) is 42.9 Å². The van der Waals surface area contributed by atoms with Gasteiger partial charge in [0.1, 0.15) is 5.75 Å². The Morgan fingerprint density at radius 2 is 2.06 bits per heavy atom. The van der Waals surface area contributed by atoms with Crippen molar-refractivity contribution in [2.45, 2.75) is 12.8 Å². The molecule has 0 atom stereocenters. The molecule has 0 bridgehead atoms. The van der Waals surface area contributed by atoms with E-state index in [0.717, 1.165) is 24.3 Å². The first kappa shape index (κ1) is 12.5. The number of rotatable bonds is 6. The van der Waals surface area contributed by atoms with Crippen LogP contribution in [0.1, 0.15) is 11.3 Å². The first-order chi connectivity index (χ1) is 8.88. The monoisotopic (exact) mass is 243 g/mol. The second-order valence-corrected chi connectivity index (χ2v) is 3.98. The number of hydrogen-bond acceptors (Lipinski definition) is 4. The molecule has 94 valence electrons. The molecule has 4 heteroatoms. The maximum absolute atomic E-state index is 5.62. The molecule has 0 aliphatic rings. The Balaban J connectivity index is 1.80. The second kappa shape index (κ2) is 6.71. The summed E-state index contributed by atoms with van der Waals surface area (Å²) in [5, 5.41) is 0. The average Bonchev–Trinajstić information content (AvgIpc) is 2.42. The molecular weight excluding hydrogens is 226 g/mol. The normalized spacial score (nSPS) is 10.3. The van der Waals surface area contributed by atoms with Gasteiger partial charge in [-0.05, 0) is 30.3 Å². The molecule has 0 fully saturated rings. The predicted octanol–water partition coefficient (Wildman–Crippen LogP) is 1.60. The lowest BCUT2D eigenvalue weighted by Crippen LogP contribution is -2.05. The lowest BCUT2D eigenvalue weighted by Gasteiger charge is -2.06. The molecule has 0 saturated heterocycles. The molecule has 2 rings (SSSR count). The zero-order valence-electron chi connectivity index (χ0n) is 10.2. The molecule has 4 nitrogen and oxygen atoms in total. The fourth-order valence-electron chi connectivity index (χ4n) is 1.62. The summed E-state index contributed by atoms with van der Waals surface area (Å²) in [5.41, 5.74) is 7.63. The number of nitrogens with two attached hydrogens (primary N) is 1. The van der Waals surface area contributed by atoms with Crippen molar-refractivity contribution in [3.63, 3.8) is 0 Å². The minimum Gasteiger partial charge on any atom is -0.492 e. The van der Waals surface area contributed by atoms with E-state index < -0.39 is 0 Å². The van der Waals surface area contributed by atoms with Gasteiger partial charge in [0.05, 0.1) is 12.8 Å². The van der Waals surface area contributed by atoms with Crippen LogP contribution in [0.2, 0.25) is 0 Å². The second-order valence-electron chi connectivity index (χ2n) is 3.98. The third kappa shape index (κ3) is 3.82. The Kier molecular flexibility index (Phi) is 4.67. The van der Waals surface area contributed by atoms with Crippen molar-refractivity contribution in [1.82, 2.24) is 9.97 Å². The van der Waals surface area contributed by atoms with Gasteiger partial charge in [0, 0.05) is 30.9 Å². The fraction of sp³-hybridized carbons (Fsp3) is 0.286. The summed E-state index contributed by atoms with van der Waals surface area (Å²) in [5.74, 6) is 0.791. The molecule has 0 aliphatic heterocycles. The van der Waals surface area contributed by atoms with Crippen molar-refractivity contribution in [3.8, 4) is 5.75 Å². The molecule has 0 saturated carbocycles. The van der Waals surface area contributed by atoms with Crippen LogP contribution >= 0.6 is 0 Å². The van der Waals surface area contributed by atoms with Crippen LogP contribution in [-0.2, 0) is 12.8 Å². The van der Waals surface area contributed by atoms with Gasteiger partial charge in [0.15, 0.2) is 0 Å². The van der Waals surface area contributed by atoms with Crippen molar-refractivity contribution in [2.24, 2.45) is 5.73 Å². The van der Waals surface area contributed by atoms with Crippen LogP contribution in [0, 0.1) is 0 Å². The number of ether oxygens (including phenoxy) is 1. The summed E-state index contributed by atoms with van der Waals surface area (Å²) < 4.78 is 5.62. The maximum Gasteiger partial charge on any atom is 0.137 e. The molecule has 2 heterocycles. The Labute approximate surface area is 107 Å². The Morgan fingerprint density at radius 3 is 2.72 bits per heavy atom. The number of pyridine rings is 2. The van der Waals surface area contributed by atoms with Crippen molar-refractivity contribution >= 4 is 0 Å². The standard InChI is InChI=1S/C14H17N3O/c15-7-5-13-3-4-14(11-17-13)18-9-6-12-2-1-8-16-10-12/h1-4,8,10-11H,5-7,9,15H2. The largest absolute Gasteiger partial charge is 0.492 e. The van der Waals surface area contributed by atoms with Crippen LogP contribution in [0.25, 0.3) is 0 Å². The molecule has 0 radical (unpaired) electrons. The summed E-state index contributed by atoms with van der Waals surface area (Å²) in [7, 11) is 0. The topological polar surface area (TPSA) is 61.0 Å². The van der Waals surface area contributed by atoms with Gasteiger partial charge in [0.2, 0.25) is 0 Å². The molecule has 0 amide bonds. The van der Waals surface area contributed by atoms with Crippen molar-refractivity contribution in [2.75, 3.05) is 13.2 Å². The van der Waals surface area contributed by atoms with E-state index in [1.165, 1.54) is 5.56 Å². The van der Waals surface area contributed by atoms with Crippen LogP contribution in [0.5, 0.6) is 5.75 Å². The SMILES string of the molecule is NCCc1ccc(OCCc2cccnc2)cn1. The zero-order chi connectivity index (χ0) is 12.6. The summed E-state index contributed by atoms with van der Waals surface area (Å²) in [6.07, 6.45) is 7.01. The van der Waals surface area contributed by atoms with E-state index >= 15 is 0 Å².